The summed E-state index contributed by atoms with van der Waals surface area (Å²) in [6.07, 6.45) is 2.81. The van der Waals surface area contributed by atoms with Crippen LogP contribution in [0.1, 0.15) is 23.6 Å². The average Bonchev–Trinajstić information content (AvgIpc) is 3.36. The lowest BCUT2D eigenvalue weighted by Crippen LogP contribution is -2.46. The van der Waals surface area contributed by atoms with Crippen LogP contribution in [0.25, 0.3) is 5.57 Å². The first-order valence-electron chi connectivity index (χ1n) is 9.87. The molecule has 29 heavy (non-hydrogen) atoms. The summed E-state index contributed by atoms with van der Waals surface area (Å²) in [6, 6.07) is 12.8. The van der Waals surface area contributed by atoms with E-state index in [1.54, 1.807) is 9.80 Å². The van der Waals surface area contributed by atoms with Gasteiger partial charge in [-0.25, -0.2) is 13.6 Å². The Hall–Kier alpha value is -2.73. The van der Waals surface area contributed by atoms with Gasteiger partial charge in [-0.1, -0.05) is 36.4 Å². The SMILES string of the molecule is CN1CC[C@@H](N(C)C(=O)N2CC(c3cc(F)ccc3F)=C[C@H]2c2ccccc2)C1. The number of likely N-dealkylation sites (tertiary alicyclic amines) is 1. The van der Waals surface area contributed by atoms with Gasteiger partial charge < -0.3 is 14.7 Å². The predicted molar refractivity (Wildman–Crippen MR) is 109 cm³/mol. The minimum Gasteiger partial charge on any atom is -0.323 e. The van der Waals surface area contributed by atoms with Crippen LogP contribution in [-0.2, 0) is 0 Å². The number of rotatable bonds is 3. The Morgan fingerprint density at radius 2 is 1.90 bits per heavy atom. The Labute approximate surface area is 170 Å². The maximum Gasteiger partial charge on any atom is 0.321 e. The fourth-order valence-electron chi connectivity index (χ4n) is 4.23. The average molecular weight is 397 g/mol. The summed E-state index contributed by atoms with van der Waals surface area (Å²) in [7, 11) is 3.88. The van der Waals surface area contributed by atoms with Crippen molar-refractivity contribution in [1.29, 1.82) is 0 Å². The van der Waals surface area contributed by atoms with E-state index in [1.807, 2.05) is 50.5 Å². The molecular formula is C23H25F2N3O. The minimum absolute atomic E-state index is 0.0952. The quantitative estimate of drug-likeness (QED) is 0.778. The molecule has 2 atom stereocenters. The Kier molecular flexibility index (Phi) is 5.37. The molecule has 1 fully saturated rings. The molecule has 0 N–H and O–H groups in total. The molecule has 6 heteroatoms. The summed E-state index contributed by atoms with van der Waals surface area (Å²) in [5, 5.41) is 0. The first-order chi connectivity index (χ1) is 13.9. The third kappa shape index (κ3) is 3.90. The van der Waals surface area contributed by atoms with Gasteiger partial charge >= 0.3 is 6.03 Å². The van der Waals surface area contributed by atoms with E-state index in [0.717, 1.165) is 37.2 Å². The van der Waals surface area contributed by atoms with Crippen LogP contribution in [0.3, 0.4) is 0 Å². The van der Waals surface area contributed by atoms with Crippen LogP contribution in [-0.4, -0.2) is 60.5 Å². The second-order valence-corrected chi connectivity index (χ2v) is 7.90. The third-order valence-electron chi connectivity index (χ3n) is 5.91. The van der Waals surface area contributed by atoms with Crippen molar-refractivity contribution in [2.24, 2.45) is 0 Å². The number of amides is 2. The van der Waals surface area contributed by atoms with Crippen molar-refractivity contribution in [3.63, 3.8) is 0 Å². The van der Waals surface area contributed by atoms with E-state index in [-0.39, 0.29) is 30.2 Å². The van der Waals surface area contributed by atoms with Crippen LogP contribution >= 0.6 is 0 Å². The summed E-state index contributed by atoms with van der Waals surface area (Å²) in [5.74, 6) is -0.973. The zero-order valence-corrected chi connectivity index (χ0v) is 16.7. The Balaban J connectivity index is 1.66. The molecule has 0 spiro atoms. The monoisotopic (exact) mass is 397 g/mol. The van der Waals surface area contributed by atoms with Crippen LogP contribution < -0.4 is 0 Å². The molecular weight excluding hydrogens is 372 g/mol. The number of carbonyl (C=O) groups is 1. The van der Waals surface area contributed by atoms with Crippen LogP contribution in [0, 0.1) is 11.6 Å². The highest BCUT2D eigenvalue weighted by Crippen LogP contribution is 2.36. The summed E-state index contributed by atoms with van der Waals surface area (Å²) in [4.78, 5) is 19.1. The molecule has 2 amide bonds. The lowest BCUT2D eigenvalue weighted by Gasteiger charge is -2.33. The fourth-order valence-corrected chi connectivity index (χ4v) is 4.23. The van der Waals surface area contributed by atoms with Gasteiger partial charge in [-0.2, -0.15) is 0 Å². The zero-order valence-electron chi connectivity index (χ0n) is 16.7. The maximum atomic E-state index is 14.4. The number of likely N-dealkylation sites (N-methyl/N-ethyl adjacent to an activating group) is 2. The molecule has 0 aliphatic carbocycles. The van der Waals surface area contributed by atoms with E-state index in [9.17, 15) is 13.6 Å². The maximum absolute atomic E-state index is 14.4. The summed E-state index contributed by atoms with van der Waals surface area (Å²) in [5.41, 5.74) is 1.79. The molecule has 0 unspecified atom stereocenters. The molecule has 2 aliphatic heterocycles. The topological polar surface area (TPSA) is 26.8 Å². The highest BCUT2D eigenvalue weighted by molar-refractivity contribution is 5.82. The normalized spacial score (nSPS) is 22.1. The molecule has 2 aliphatic rings. The number of nitrogens with zero attached hydrogens (tertiary/aromatic N) is 3. The summed E-state index contributed by atoms with van der Waals surface area (Å²) < 4.78 is 28.2. The van der Waals surface area contributed by atoms with E-state index >= 15 is 0 Å². The molecule has 4 nitrogen and oxygen atoms in total. The minimum atomic E-state index is -0.491. The van der Waals surface area contributed by atoms with Gasteiger partial charge in [0.1, 0.15) is 11.6 Å². The summed E-state index contributed by atoms with van der Waals surface area (Å²) in [6.45, 7) is 2.04. The second-order valence-electron chi connectivity index (χ2n) is 7.90. The first kappa shape index (κ1) is 19.6. The number of hydrogen-bond acceptors (Lipinski definition) is 2. The number of hydrogen-bond donors (Lipinski definition) is 0. The molecule has 0 radical (unpaired) electrons. The first-order valence-corrected chi connectivity index (χ1v) is 9.87. The third-order valence-corrected chi connectivity index (χ3v) is 5.91. The van der Waals surface area contributed by atoms with Crippen LogP contribution in [0.15, 0.2) is 54.6 Å². The van der Waals surface area contributed by atoms with Crippen molar-refractivity contribution in [2.45, 2.75) is 18.5 Å². The van der Waals surface area contributed by atoms with Crippen LogP contribution in [0.4, 0.5) is 13.6 Å². The zero-order chi connectivity index (χ0) is 20.5. The highest BCUT2D eigenvalue weighted by Gasteiger charge is 2.36. The fraction of sp³-hybridized carbons (Fsp3) is 0.348. The van der Waals surface area contributed by atoms with E-state index in [4.69, 9.17) is 0 Å². The number of urea groups is 1. The van der Waals surface area contributed by atoms with Gasteiger partial charge in [-0.3, -0.25) is 0 Å². The Bertz CT molecular complexity index is 931. The van der Waals surface area contributed by atoms with Crippen molar-refractivity contribution in [3.8, 4) is 0 Å². The Morgan fingerprint density at radius 1 is 1.14 bits per heavy atom. The molecule has 0 aromatic heterocycles. The van der Waals surface area contributed by atoms with Crippen molar-refractivity contribution in [3.05, 3.63) is 77.4 Å². The molecule has 2 aromatic rings. The van der Waals surface area contributed by atoms with Crippen molar-refractivity contribution in [2.75, 3.05) is 33.7 Å². The molecule has 1 saturated heterocycles. The number of carbonyl (C=O) groups excluding carboxylic acids is 1. The molecule has 4 rings (SSSR count). The molecule has 2 heterocycles. The molecule has 0 saturated carbocycles. The lowest BCUT2D eigenvalue weighted by atomic mass is 10.0. The van der Waals surface area contributed by atoms with Crippen molar-refractivity contribution < 1.29 is 13.6 Å². The van der Waals surface area contributed by atoms with Gasteiger partial charge in [0.25, 0.3) is 0 Å². The van der Waals surface area contributed by atoms with Gasteiger partial charge in [0, 0.05) is 31.7 Å². The van der Waals surface area contributed by atoms with Gasteiger partial charge in [0.15, 0.2) is 0 Å². The van der Waals surface area contributed by atoms with Crippen LogP contribution in [0.2, 0.25) is 0 Å². The van der Waals surface area contributed by atoms with Gasteiger partial charge in [-0.15, -0.1) is 0 Å². The largest absolute Gasteiger partial charge is 0.323 e. The molecule has 152 valence electrons. The summed E-state index contributed by atoms with van der Waals surface area (Å²) >= 11 is 0. The van der Waals surface area contributed by atoms with E-state index < -0.39 is 11.6 Å². The van der Waals surface area contributed by atoms with Gasteiger partial charge in [0.2, 0.25) is 0 Å². The van der Waals surface area contributed by atoms with Gasteiger partial charge in [0.05, 0.1) is 6.04 Å². The predicted octanol–water partition coefficient (Wildman–Crippen LogP) is 4.16. The highest BCUT2D eigenvalue weighted by atomic mass is 19.1. The van der Waals surface area contributed by atoms with E-state index in [1.165, 1.54) is 6.07 Å². The molecule has 0 bridgehead atoms. The number of halogens is 2. The number of benzene rings is 2. The molecule has 2 aromatic carbocycles. The smallest absolute Gasteiger partial charge is 0.321 e. The van der Waals surface area contributed by atoms with Crippen molar-refractivity contribution in [1.82, 2.24) is 14.7 Å². The Morgan fingerprint density at radius 3 is 2.59 bits per heavy atom. The lowest BCUT2D eigenvalue weighted by molar-refractivity contribution is 0.146. The van der Waals surface area contributed by atoms with Crippen molar-refractivity contribution >= 4 is 11.6 Å². The van der Waals surface area contributed by atoms with E-state index in [2.05, 4.69) is 4.90 Å². The van der Waals surface area contributed by atoms with E-state index in [0.29, 0.717) is 5.57 Å². The standard InChI is InChI=1S/C23H25F2N3O/c1-26-11-10-19(15-26)27(2)23(29)28-14-17(20-13-18(24)8-9-21(20)25)12-22(28)16-6-4-3-5-7-16/h3-9,12-13,19,22H,10-11,14-15H2,1-2H3/t19-,22+/m1/s1. The second kappa shape index (κ2) is 7.95. The van der Waals surface area contributed by atoms with Gasteiger partial charge in [-0.05, 0) is 49.3 Å². The van der Waals surface area contributed by atoms with Crippen LogP contribution in [0.5, 0.6) is 0 Å².